The van der Waals surface area contributed by atoms with E-state index in [2.05, 4.69) is 14.9 Å². The first kappa shape index (κ1) is 13.7. The number of ether oxygens (including phenoxy) is 1. The predicted molar refractivity (Wildman–Crippen MR) is 80.5 cm³/mol. The van der Waals surface area contributed by atoms with Gasteiger partial charge >= 0.3 is 0 Å². The van der Waals surface area contributed by atoms with Crippen LogP contribution in [-0.2, 0) is 4.74 Å². The van der Waals surface area contributed by atoms with Crippen LogP contribution in [0.15, 0.2) is 36.9 Å². The summed E-state index contributed by atoms with van der Waals surface area (Å²) in [6.07, 6.45) is 5.05. The number of hydrogen-bond donors (Lipinski definition) is 0. The number of hydrogen-bond acceptors (Lipinski definition) is 5. The highest BCUT2D eigenvalue weighted by atomic mass is 16.5. The van der Waals surface area contributed by atoms with Crippen molar-refractivity contribution in [3.63, 3.8) is 0 Å². The minimum Gasteiger partial charge on any atom is -0.378 e. The Morgan fingerprint density at radius 3 is 2.57 bits per heavy atom. The summed E-state index contributed by atoms with van der Waals surface area (Å²) in [4.78, 5) is 22.1. The first-order valence-corrected chi connectivity index (χ1v) is 6.99. The summed E-state index contributed by atoms with van der Waals surface area (Å²) < 4.78 is 5.41. The number of nitrogens with zero attached hydrogens (tertiary/aromatic N) is 3. The van der Waals surface area contributed by atoms with E-state index in [9.17, 15) is 4.79 Å². The van der Waals surface area contributed by atoms with E-state index >= 15 is 0 Å². The number of ketones is 1. The van der Waals surface area contributed by atoms with Gasteiger partial charge in [0.05, 0.1) is 13.2 Å². The van der Waals surface area contributed by atoms with Crippen LogP contribution in [0.5, 0.6) is 0 Å². The molecule has 0 amide bonds. The molecule has 0 bridgehead atoms. The van der Waals surface area contributed by atoms with E-state index in [-0.39, 0.29) is 5.78 Å². The monoisotopic (exact) mass is 283 g/mol. The van der Waals surface area contributed by atoms with Crippen molar-refractivity contribution in [1.82, 2.24) is 9.97 Å². The highest BCUT2D eigenvalue weighted by Crippen LogP contribution is 2.31. The lowest BCUT2D eigenvalue weighted by Crippen LogP contribution is -2.36. The van der Waals surface area contributed by atoms with Gasteiger partial charge < -0.3 is 9.64 Å². The molecule has 0 N–H and O–H groups in total. The van der Waals surface area contributed by atoms with Crippen LogP contribution in [0.2, 0.25) is 0 Å². The number of morpholine rings is 1. The number of carbonyl (C=O) groups is 1. The number of carbonyl (C=O) groups excluding carboxylic acids is 1. The number of benzene rings is 1. The third kappa shape index (κ3) is 2.92. The molecule has 0 radical (unpaired) electrons. The normalized spacial score (nSPS) is 15.0. The maximum Gasteiger partial charge on any atom is 0.159 e. The van der Waals surface area contributed by atoms with Crippen LogP contribution in [-0.4, -0.2) is 42.1 Å². The Balaban J connectivity index is 2.08. The SMILES string of the molecule is CC(=O)c1ccc(N2CCOCC2)c(-c2cncnc2)c1. The molecule has 0 unspecified atom stereocenters. The Bertz CT molecular complexity index is 637. The Kier molecular flexibility index (Phi) is 3.92. The fraction of sp³-hybridized carbons (Fsp3) is 0.312. The molecular formula is C16H17N3O2. The van der Waals surface area contributed by atoms with E-state index in [4.69, 9.17) is 4.74 Å². The number of aromatic nitrogens is 2. The van der Waals surface area contributed by atoms with Crippen LogP contribution < -0.4 is 4.90 Å². The van der Waals surface area contributed by atoms with Gasteiger partial charge in [0.25, 0.3) is 0 Å². The Labute approximate surface area is 123 Å². The Hall–Kier alpha value is -2.27. The molecule has 1 saturated heterocycles. The summed E-state index contributed by atoms with van der Waals surface area (Å²) in [5.41, 5.74) is 3.70. The molecule has 1 aliphatic heterocycles. The average molecular weight is 283 g/mol. The molecule has 0 spiro atoms. The maximum atomic E-state index is 11.7. The minimum atomic E-state index is 0.0571. The summed E-state index contributed by atoms with van der Waals surface area (Å²) in [5, 5.41) is 0. The van der Waals surface area contributed by atoms with Gasteiger partial charge in [-0.15, -0.1) is 0 Å². The standard InChI is InChI=1S/C16H17N3O2/c1-12(20)13-2-3-16(19-4-6-21-7-5-19)15(8-13)14-9-17-11-18-10-14/h2-3,8-11H,4-7H2,1H3. The van der Waals surface area contributed by atoms with Crippen molar-refractivity contribution in [3.8, 4) is 11.1 Å². The second kappa shape index (κ2) is 6.01. The molecule has 0 atom stereocenters. The fourth-order valence-electron chi connectivity index (χ4n) is 2.50. The zero-order valence-corrected chi connectivity index (χ0v) is 12.0. The first-order valence-electron chi connectivity index (χ1n) is 6.99. The molecule has 1 fully saturated rings. The predicted octanol–water partition coefficient (Wildman–Crippen LogP) is 2.18. The summed E-state index contributed by atoms with van der Waals surface area (Å²) >= 11 is 0. The molecule has 2 heterocycles. The third-order valence-electron chi connectivity index (χ3n) is 3.63. The highest BCUT2D eigenvalue weighted by molar-refractivity contribution is 5.97. The summed E-state index contributed by atoms with van der Waals surface area (Å²) in [5.74, 6) is 0.0571. The molecule has 2 aromatic rings. The van der Waals surface area contributed by atoms with E-state index in [0.717, 1.165) is 43.1 Å². The molecule has 3 rings (SSSR count). The second-order valence-corrected chi connectivity index (χ2v) is 5.01. The van der Waals surface area contributed by atoms with Gasteiger partial charge in [0.1, 0.15) is 6.33 Å². The molecule has 1 aromatic carbocycles. The Morgan fingerprint density at radius 1 is 1.19 bits per heavy atom. The number of anilines is 1. The smallest absolute Gasteiger partial charge is 0.159 e. The van der Waals surface area contributed by atoms with E-state index in [1.54, 1.807) is 19.3 Å². The van der Waals surface area contributed by atoms with Gasteiger partial charge in [0, 0.05) is 47.9 Å². The van der Waals surface area contributed by atoms with E-state index in [1.807, 2.05) is 18.2 Å². The van der Waals surface area contributed by atoms with Gasteiger partial charge in [-0.05, 0) is 25.1 Å². The lowest BCUT2D eigenvalue weighted by atomic mass is 10.0. The van der Waals surface area contributed by atoms with E-state index in [1.165, 1.54) is 6.33 Å². The van der Waals surface area contributed by atoms with Crippen molar-refractivity contribution in [2.45, 2.75) is 6.92 Å². The van der Waals surface area contributed by atoms with Crippen molar-refractivity contribution < 1.29 is 9.53 Å². The van der Waals surface area contributed by atoms with Gasteiger partial charge in [-0.25, -0.2) is 9.97 Å². The van der Waals surface area contributed by atoms with Crippen LogP contribution in [0.25, 0.3) is 11.1 Å². The topological polar surface area (TPSA) is 55.3 Å². The summed E-state index contributed by atoms with van der Waals surface area (Å²) in [6.45, 7) is 4.72. The first-order chi connectivity index (χ1) is 10.3. The lowest BCUT2D eigenvalue weighted by Gasteiger charge is -2.30. The molecule has 1 aromatic heterocycles. The van der Waals surface area contributed by atoms with Crippen LogP contribution in [0.1, 0.15) is 17.3 Å². The van der Waals surface area contributed by atoms with Crippen LogP contribution in [0, 0.1) is 0 Å². The maximum absolute atomic E-state index is 11.7. The lowest BCUT2D eigenvalue weighted by molar-refractivity contribution is 0.101. The molecule has 1 aliphatic rings. The number of Topliss-reactive ketones (excluding diaryl/α,β-unsaturated/α-hetero) is 1. The van der Waals surface area contributed by atoms with Gasteiger partial charge in [-0.3, -0.25) is 4.79 Å². The zero-order valence-electron chi connectivity index (χ0n) is 12.0. The second-order valence-electron chi connectivity index (χ2n) is 5.01. The van der Waals surface area contributed by atoms with E-state index < -0.39 is 0 Å². The van der Waals surface area contributed by atoms with Crippen LogP contribution in [0.4, 0.5) is 5.69 Å². The van der Waals surface area contributed by atoms with Crippen molar-refractivity contribution in [1.29, 1.82) is 0 Å². The molecule has 5 heteroatoms. The molecule has 0 saturated carbocycles. The van der Waals surface area contributed by atoms with Gasteiger partial charge in [0.15, 0.2) is 5.78 Å². The molecular weight excluding hydrogens is 266 g/mol. The highest BCUT2D eigenvalue weighted by Gasteiger charge is 2.17. The third-order valence-corrected chi connectivity index (χ3v) is 3.63. The van der Waals surface area contributed by atoms with E-state index in [0.29, 0.717) is 5.56 Å². The molecule has 0 aliphatic carbocycles. The zero-order chi connectivity index (χ0) is 14.7. The minimum absolute atomic E-state index is 0.0571. The molecule has 108 valence electrons. The van der Waals surface area contributed by atoms with Crippen molar-refractivity contribution in [2.24, 2.45) is 0 Å². The van der Waals surface area contributed by atoms with Gasteiger partial charge in [0.2, 0.25) is 0 Å². The van der Waals surface area contributed by atoms with Gasteiger partial charge in [-0.2, -0.15) is 0 Å². The van der Waals surface area contributed by atoms with Crippen molar-refractivity contribution in [3.05, 3.63) is 42.5 Å². The fourth-order valence-corrected chi connectivity index (χ4v) is 2.50. The summed E-state index contributed by atoms with van der Waals surface area (Å²) in [6, 6.07) is 5.80. The average Bonchev–Trinajstić information content (AvgIpc) is 2.56. The molecule has 21 heavy (non-hydrogen) atoms. The summed E-state index contributed by atoms with van der Waals surface area (Å²) in [7, 11) is 0. The van der Waals surface area contributed by atoms with Gasteiger partial charge in [-0.1, -0.05) is 0 Å². The van der Waals surface area contributed by atoms with Crippen LogP contribution in [0.3, 0.4) is 0 Å². The Morgan fingerprint density at radius 2 is 1.90 bits per heavy atom. The van der Waals surface area contributed by atoms with Crippen LogP contribution >= 0.6 is 0 Å². The van der Waals surface area contributed by atoms with Crippen molar-refractivity contribution >= 4 is 11.5 Å². The largest absolute Gasteiger partial charge is 0.378 e. The quantitative estimate of drug-likeness (QED) is 0.808. The molecule has 5 nitrogen and oxygen atoms in total. The number of rotatable bonds is 3. The van der Waals surface area contributed by atoms with Crippen molar-refractivity contribution in [2.75, 3.05) is 31.2 Å².